The maximum absolute atomic E-state index is 10.9. The Balaban J connectivity index is 2.13. The standard InChI is InChI=1S/C26H39NO2/c1-17-11-10-12-18(2)24(17)29-16-19(3)27-15-20-13-21(25(4,5)6)23(28)22(14-20)26(7,8)9/h10-14,19,27-28H,15-16H2,1-9H3. The second-order valence-electron chi connectivity index (χ2n) is 10.4. The summed E-state index contributed by atoms with van der Waals surface area (Å²) in [5.41, 5.74) is 5.30. The lowest BCUT2D eigenvalue weighted by Crippen LogP contribution is -2.31. The minimum atomic E-state index is -0.114. The Hall–Kier alpha value is -2.00. The number of hydrogen-bond acceptors (Lipinski definition) is 3. The van der Waals surface area contributed by atoms with Crippen LogP contribution < -0.4 is 10.1 Å². The second kappa shape index (κ2) is 8.79. The Morgan fingerprint density at radius 1 is 0.931 bits per heavy atom. The number of ether oxygens (including phenoxy) is 1. The van der Waals surface area contributed by atoms with Gasteiger partial charge in [-0.25, -0.2) is 0 Å². The SMILES string of the molecule is Cc1cccc(C)c1OCC(C)NCc1cc(C(C)(C)C)c(O)c(C(C)(C)C)c1. The highest BCUT2D eigenvalue weighted by Crippen LogP contribution is 2.39. The van der Waals surface area contributed by atoms with E-state index < -0.39 is 0 Å². The van der Waals surface area contributed by atoms with Crippen molar-refractivity contribution in [1.82, 2.24) is 5.32 Å². The molecule has 0 aliphatic carbocycles. The third kappa shape index (κ3) is 5.99. The first-order valence-electron chi connectivity index (χ1n) is 10.6. The summed E-state index contributed by atoms with van der Waals surface area (Å²) in [5.74, 6) is 1.41. The quantitative estimate of drug-likeness (QED) is 0.613. The number of phenols is 1. The van der Waals surface area contributed by atoms with Crippen LogP contribution in [-0.4, -0.2) is 17.8 Å². The molecule has 2 aromatic rings. The molecule has 0 aliphatic heterocycles. The Labute approximate surface area is 177 Å². The summed E-state index contributed by atoms with van der Waals surface area (Å²) in [6.45, 7) is 20.5. The highest BCUT2D eigenvalue weighted by atomic mass is 16.5. The Kier molecular flexibility index (Phi) is 7.06. The Morgan fingerprint density at radius 3 is 1.86 bits per heavy atom. The number of nitrogens with one attached hydrogen (secondary N) is 1. The van der Waals surface area contributed by atoms with Crippen molar-refractivity contribution < 1.29 is 9.84 Å². The number of benzene rings is 2. The van der Waals surface area contributed by atoms with Crippen molar-refractivity contribution in [2.45, 2.75) is 85.7 Å². The minimum absolute atomic E-state index is 0.114. The van der Waals surface area contributed by atoms with E-state index in [4.69, 9.17) is 4.74 Å². The molecule has 0 fully saturated rings. The number of hydrogen-bond donors (Lipinski definition) is 2. The molecule has 2 aromatic carbocycles. The molecule has 0 aromatic heterocycles. The van der Waals surface area contributed by atoms with Gasteiger partial charge in [0.25, 0.3) is 0 Å². The van der Waals surface area contributed by atoms with Crippen LogP contribution in [0.4, 0.5) is 0 Å². The number of aromatic hydroxyl groups is 1. The van der Waals surface area contributed by atoms with Gasteiger partial charge in [-0.2, -0.15) is 0 Å². The Morgan fingerprint density at radius 2 is 1.41 bits per heavy atom. The summed E-state index contributed by atoms with van der Waals surface area (Å²) in [4.78, 5) is 0. The number of rotatable bonds is 6. The van der Waals surface area contributed by atoms with Crippen LogP contribution >= 0.6 is 0 Å². The molecule has 0 spiro atoms. The van der Waals surface area contributed by atoms with Gasteiger partial charge < -0.3 is 15.2 Å². The Bertz CT molecular complexity index is 786. The van der Waals surface area contributed by atoms with E-state index in [2.05, 4.69) is 98.0 Å². The molecule has 29 heavy (non-hydrogen) atoms. The van der Waals surface area contributed by atoms with Crippen molar-refractivity contribution in [3.05, 3.63) is 58.1 Å². The van der Waals surface area contributed by atoms with Crippen LogP contribution in [0.25, 0.3) is 0 Å². The summed E-state index contributed by atoms with van der Waals surface area (Å²) in [6, 6.07) is 10.7. The van der Waals surface area contributed by atoms with Gasteiger partial charge in [-0.05, 0) is 59.4 Å². The molecule has 0 amide bonds. The van der Waals surface area contributed by atoms with Crippen molar-refractivity contribution in [2.24, 2.45) is 0 Å². The van der Waals surface area contributed by atoms with E-state index >= 15 is 0 Å². The van der Waals surface area contributed by atoms with Gasteiger partial charge in [-0.15, -0.1) is 0 Å². The fraction of sp³-hybridized carbons (Fsp3) is 0.538. The molecule has 1 atom stereocenters. The summed E-state index contributed by atoms with van der Waals surface area (Å²) in [6.07, 6.45) is 0. The minimum Gasteiger partial charge on any atom is -0.507 e. The fourth-order valence-corrected chi connectivity index (χ4v) is 3.53. The monoisotopic (exact) mass is 397 g/mol. The molecule has 3 nitrogen and oxygen atoms in total. The predicted molar refractivity (Wildman–Crippen MR) is 123 cm³/mol. The molecule has 160 valence electrons. The summed E-state index contributed by atoms with van der Waals surface area (Å²) >= 11 is 0. The van der Waals surface area contributed by atoms with Gasteiger partial charge in [0.15, 0.2) is 0 Å². The summed E-state index contributed by atoms with van der Waals surface area (Å²) < 4.78 is 6.09. The van der Waals surface area contributed by atoms with E-state index in [1.165, 1.54) is 16.7 Å². The van der Waals surface area contributed by atoms with Gasteiger partial charge in [0.1, 0.15) is 18.1 Å². The van der Waals surface area contributed by atoms with E-state index in [-0.39, 0.29) is 16.9 Å². The molecule has 0 heterocycles. The molecular formula is C26H39NO2. The van der Waals surface area contributed by atoms with Crippen molar-refractivity contribution in [3.8, 4) is 11.5 Å². The van der Waals surface area contributed by atoms with E-state index in [1.807, 2.05) is 0 Å². The first-order valence-corrected chi connectivity index (χ1v) is 10.6. The van der Waals surface area contributed by atoms with Crippen molar-refractivity contribution >= 4 is 0 Å². The molecule has 1 unspecified atom stereocenters. The molecule has 0 bridgehead atoms. The molecular weight excluding hydrogens is 358 g/mol. The molecule has 3 heteroatoms. The number of para-hydroxylation sites is 1. The number of aryl methyl sites for hydroxylation is 2. The topological polar surface area (TPSA) is 41.5 Å². The van der Waals surface area contributed by atoms with Crippen LogP contribution in [0, 0.1) is 13.8 Å². The van der Waals surface area contributed by atoms with Crippen molar-refractivity contribution in [2.75, 3.05) is 6.61 Å². The largest absolute Gasteiger partial charge is 0.507 e. The molecule has 0 radical (unpaired) electrons. The summed E-state index contributed by atoms with van der Waals surface area (Å²) in [5, 5.41) is 14.5. The predicted octanol–water partition coefficient (Wildman–Crippen LogP) is 6.16. The normalized spacial score (nSPS) is 13.4. The van der Waals surface area contributed by atoms with Crippen molar-refractivity contribution in [3.63, 3.8) is 0 Å². The van der Waals surface area contributed by atoms with E-state index in [9.17, 15) is 5.11 Å². The molecule has 2 N–H and O–H groups in total. The third-order valence-corrected chi connectivity index (χ3v) is 5.33. The summed E-state index contributed by atoms with van der Waals surface area (Å²) in [7, 11) is 0. The van der Waals surface area contributed by atoms with Crippen LogP contribution in [-0.2, 0) is 17.4 Å². The van der Waals surface area contributed by atoms with Gasteiger partial charge >= 0.3 is 0 Å². The van der Waals surface area contributed by atoms with Crippen LogP contribution in [0.3, 0.4) is 0 Å². The zero-order chi connectivity index (χ0) is 22.0. The lowest BCUT2D eigenvalue weighted by Gasteiger charge is -2.28. The van der Waals surface area contributed by atoms with Crippen LogP contribution in [0.15, 0.2) is 30.3 Å². The smallest absolute Gasteiger partial charge is 0.125 e. The van der Waals surface area contributed by atoms with E-state index in [1.54, 1.807) is 0 Å². The average molecular weight is 398 g/mol. The van der Waals surface area contributed by atoms with Crippen LogP contribution in [0.5, 0.6) is 11.5 Å². The van der Waals surface area contributed by atoms with Gasteiger partial charge in [-0.1, -0.05) is 71.9 Å². The first-order chi connectivity index (χ1) is 13.3. The van der Waals surface area contributed by atoms with E-state index in [0.717, 1.165) is 23.4 Å². The lowest BCUT2D eigenvalue weighted by atomic mass is 9.78. The zero-order valence-electron chi connectivity index (χ0n) is 19.7. The maximum Gasteiger partial charge on any atom is 0.125 e. The zero-order valence-corrected chi connectivity index (χ0v) is 19.7. The van der Waals surface area contributed by atoms with Crippen LogP contribution in [0.1, 0.15) is 76.3 Å². The maximum atomic E-state index is 10.9. The fourth-order valence-electron chi connectivity index (χ4n) is 3.53. The molecule has 0 aliphatic rings. The van der Waals surface area contributed by atoms with Gasteiger partial charge in [0.2, 0.25) is 0 Å². The molecule has 0 saturated carbocycles. The van der Waals surface area contributed by atoms with Gasteiger partial charge in [-0.3, -0.25) is 0 Å². The van der Waals surface area contributed by atoms with Crippen LogP contribution in [0.2, 0.25) is 0 Å². The average Bonchev–Trinajstić information content (AvgIpc) is 2.58. The number of phenolic OH excluding ortho intramolecular Hbond substituents is 1. The van der Waals surface area contributed by atoms with E-state index in [0.29, 0.717) is 12.4 Å². The van der Waals surface area contributed by atoms with Crippen molar-refractivity contribution in [1.29, 1.82) is 0 Å². The highest BCUT2D eigenvalue weighted by Gasteiger charge is 2.26. The van der Waals surface area contributed by atoms with Gasteiger partial charge in [0, 0.05) is 12.6 Å². The molecule has 2 rings (SSSR count). The highest BCUT2D eigenvalue weighted by molar-refractivity contribution is 5.50. The first kappa shape index (κ1) is 23.3. The van der Waals surface area contributed by atoms with Gasteiger partial charge in [0.05, 0.1) is 0 Å². The lowest BCUT2D eigenvalue weighted by molar-refractivity contribution is 0.269. The molecule has 0 saturated heterocycles. The second-order valence-corrected chi connectivity index (χ2v) is 10.4. The third-order valence-electron chi connectivity index (χ3n) is 5.33.